The summed E-state index contributed by atoms with van der Waals surface area (Å²) in [6.45, 7) is 8.68. The van der Waals surface area contributed by atoms with Gasteiger partial charge in [0.2, 0.25) is 0 Å². The standard InChI is InChI=1S/C23H24/c1-18(20-10-6-7-11-20)16-23(22-14-4-3-5-15-22)17-19(2)21-12-8-9-13-21/h3-10,12,14-15,23H,1-2,11,13,16-17H2. The molecule has 0 spiro atoms. The van der Waals surface area contributed by atoms with E-state index in [0.29, 0.717) is 5.92 Å². The van der Waals surface area contributed by atoms with E-state index in [1.807, 2.05) is 0 Å². The van der Waals surface area contributed by atoms with Crippen LogP contribution in [0.2, 0.25) is 0 Å². The molecular weight excluding hydrogens is 276 g/mol. The number of hydrogen-bond acceptors (Lipinski definition) is 0. The van der Waals surface area contributed by atoms with Crippen LogP contribution in [0.4, 0.5) is 0 Å². The van der Waals surface area contributed by atoms with Crippen molar-refractivity contribution in [2.75, 3.05) is 0 Å². The molecule has 0 fully saturated rings. The van der Waals surface area contributed by atoms with Gasteiger partial charge in [-0.05, 0) is 48.3 Å². The van der Waals surface area contributed by atoms with Crippen LogP contribution in [-0.2, 0) is 0 Å². The molecule has 1 aromatic rings. The summed E-state index contributed by atoms with van der Waals surface area (Å²) in [7, 11) is 0. The average molecular weight is 300 g/mol. The van der Waals surface area contributed by atoms with Gasteiger partial charge in [-0.15, -0.1) is 0 Å². The Hall–Kier alpha value is -2.34. The summed E-state index contributed by atoms with van der Waals surface area (Å²) in [5.41, 5.74) is 6.65. The maximum atomic E-state index is 4.34. The summed E-state index contributed by atoms with van der Waals surface area (Å²) < 4.78 is 0. The minimum atomic E-state index is 0.444. The molecule has 0 atom stereocenters. The van der Waals surface area contributed by atoms with E-state index in [4.69, 9.17) is 0 Å². The molecule has 0 heteroatoms. The lowest BCUT2D eigenvalue weighted by Crippen LogP contribution is -2.04. The molecule has 0 amide bonds. The molecule has 0 heterocycles. The smallest absolute Gasteiger partial charge is 0.00813 e. The van der Waals surface area contributed by atoms with E-state index in [2.05, 4.69) is 79.9 Å². The van der Waals surface area contributed by atoms with Gasteiger partial charge in [-0.1, -0.05) is 91.1 Å². The number of hydrogen-bond donors (Lipinski definition) is 0. The zero-order chi connectivity index (χ0) is 16.1. The largest absolute Gasteiger partial charge is 0.0955 e. The molecule has 2 aliphatic rings. The minimum Gasteiger partial charge on any atom is -0.0955 e. The van der Waals surface area contributed by atoms with Crippen LogP contribution in [0, 0.1) is 0 Å². The maximum Gasteiger partial charge on any atom is -0.00813 e. The molecule has 1 aromatic carbocycles. The Morgan fingerprint density at radius 1 is 0.826 bits per heavy atom. The summed E-state index contributed by atoms with van der Waals surface area (Å²) in [5.74, 6) is 0.444. The van der Waals surface area contributed by atoms with Crippen molar-refractivity contribution >= 4 is 0 Å². The van der Waals surface area contributed by atoms with E-state index in [0.717, 1.165) is 25.7 Å². The summed E-state index contributed by atoms with van der Waals surface area (Å²) in [6, 6.07) is 10.8. The monoisotopic (exact) mass is 300 g/mol. The molecule has 0 bridgehead atoms. The van der Waals surface area contributed by atoms with Crippen molar-refractivity contribution in [2.24, 2.45) is 0 Å². The van der Waals surface area contributed by atoms with Crippen molar-refractivity contribution in [2.45, 2.75) is 31.6 Å². The summed E-state index contributed by atoms with van der Waals surface area (Å²) in [4.78, 5) is 0. The highest BCUT2D eigenvalue weighted by atomic mass is 14.2. The lowest BCUT2D eigenvalue weighted by atomic mass is 9.83. The Kier molecular flexibility index (Phi) is 4.92. The second-order valence-electron chi connectivity index (χ2n) is 6.37. The molecule has 0 nitrogen and oxygen atoms in total. The van der Waals surface area contributed by atoms with Gasteiger partial charge in [-0.25, -0.2) is 0 Å². The molecule has 3 rings (SSSR count). The van der Waals surface area contributed by atoms with Crippen molar-refractivity contribution in [3.63, 3.8) is 0 Å². The van der Waals surface area contributed by atoms with Crippen molar-refractivity contribution in [3.8, 4) is 0 Å². The fourth-order valence-electron chi connectivity index (χ4n) is 3.31. The van der Waals surface area contributed by atoms with Crippen LogP contribution in [0.5, 0.6) is 0 Å². The van der Waals surface area contributed by atoms with E-state index < -0.39 is 0 Å². The quantitative estimate of drug-likeness (QED) is 0.544. The van der Waals surface area contributed by atoms with E-state index in [9.17, 15) is 0 Å². The van der Waals surface area contributed by atoms with Gasteiger partial charge in [0.15, 0.2) is 0 Å². The second-order valence-corrected chi connectivity index (χ2v) is 6.37. The average Bonchev–Trinajstić information content (AvgIpc) is 3.28. The SMILES string of the molecule is C=C(CC(CC(=C)C1=CC=CC1)c1ccccc1)C1=CC=CC1. The Morgan fingerprint density at radius 2 is 1.35 bits per heavy atom. The maximum absolute atomic E-state index is 4.34. The second kappa shape index (κ2) is 7.28. The van der Waals surface area contributed by atoms with Crippen LogP contribution < -0.4 is 0 Å². The number of benzene rings is 1. The normalized spacial score (nSPS) is 15.9. The number of allylic oxidation sites excluding steroid dienone is 10. The van der Waals surface area contributed by atoms with Crippen molar-refractivity contribution in [1.29, 1.82) is 0 Å². The molecule has 2 aliphatic carbocycles. The van der Waals surface area contributed by atoms with E-state index >= 15 is 0 Å². The first-order chi connectivity index (χ1) is 11.2. The van der Waals surface area contributed by atoms with E-state index in [-0.39, 0.29) is 0 Å². The fourth-order valence-corrected chi connectivity index (χ4v) is 3.31. The van der Waals surface area contributed by atoms with E-state index in [1.54, 1.807) is 0 Å². The van der Waals surface area contributed by atoms with Gasteiger partial charge in [0.25, 0.3) is 0 Å². The van der Waals surface area contributed by atoms with Crippen LogP contribution in [0.3, 0.4) is 0 Å². The van der Waals surface area contributed by atoms with Crippen LogP contribution in [0.15, 0.2) is 102 Å². The first kappa shape index (κ1) is 15.6. The van der Waals surface area contributed by atoms with Gasteiger partial charge >= 0.3 is 0 Å². The van der Waals surface area contributed by atoms with Crippen molar-refractivity contribution < 1.29 is 0 Å². The van der Waals surface area contributed by atoms with Crippen LogP contribution in [0.25, 0.3) is 0 Å². The van der Waals surface area contributed by atoms with Gasteiger partial charge in [-0.2, -0.15) is 0 Å². The Labute approximate surface area is 139 Å². The number of rotatable bonds is 7. The van der Waals surface area contributed by atoms with Gasteiger partial charge in [-0.3, -0.25) is 0 Å². The zero-order valence-corrected chi connectivity index (χ0v) is 13.7. The molecule has 0 radical (unpaired) electrons. The summed E-state index contributed by atoms with van der Waals surface area (Å²) in [5, 5.41) is 0. The third-order valence-electron chi connectivity index (χ3n) is 4.71. The molecule has 0 saturated heterocycles. The third kappa shape index (κ3) is 3.90. The lowest BCUT2D eigenvalue weighted by Gasteiger charge is -2.21. The van der Waals surface area contributed by atoms with Crippen LogP contribution >= 0.6 is 0 Å². The van der Waals surface area contributed by atoms with Crippen LogP contribution in [0.1, 0.15) is 37.2 Å². The Balaban J connectivity index is 1.74. The third-order valence-corrected chi connectivity index (χ3v) is 4.71. The highest BCUT2D eigenvalue weighted by molar-refractivity contribution is 5.42. The van der Waals surface area contributed by atoms with Gasteiger partial charge in [0.1, 0.15) is 0 Å². The molecule has 116 valence electrons. The topological polar surface area (TPSA) is 0 Å². The summed E-state index contributed by atoms with van der Waals surface area (Å²) in [6.07, 6.45) is 17.1. The van der Waals surface area contributed by atoms with Gasteiger partial charge in [0.05, 0.1) is 0 Å². The highest BCUT2D eigenvalue weighted by Gasteiger charge is 2.18. The van der Waals surface area contributed by atoms with Crippen LogP contribution in [-0.4, -0.2) is 0 Å². The van der Waals surface area contributed by atoms with Gasteiger partial charge in [0, 0.05) is 0 Å². The Bertz CT molecular complexity index is 664. The van der Waals surface area contributed by atoms with Crippen molar-refractivity contribution in [3.05, 3.63) is 108 Å². The molecule has 0 aliphatic heterocycles. The first-order valence-corrected chi connectivity index (χ1v) is 8.36. The lowest BCUT2D eigenvalue weighted by molar-refractivity contribution is 0.676. The summed E-state index contributed by atoms with van der Waals surface area (Å²) >= 11 is 0. The first-order valence-electron chi connectivity index (χ1n) is 8.36. The van der Waals surface area contributed by atoms with E-state index in [1.165, 1.54) is 27.9 Å². The van der Waals surface area contributed by atoms with Crippen molar-refractivity contribution in [1.82, 2.24) is 0 Å². The molecule has 0 saturated carbocycles. The molecule has 23 heavy (non-hydrogen) atoms. The molecule has 0 N–H and O–H groups in total. The minimum absolute atomic E-state index is 0.444. The predicted molar refractivity (Wildman–Crippen MR) is 100 cm³/mol. The predicted octanol–water partition coefficient (Wildman–Crippen LogP) is 6.44. The molecule has 0 aromatic heterocycles. The highest BCUT2D eigenvalue weighted by Crippen LogP contribution is 2.35. The Morgan fingerprint density at radius 3 is 1.78 bits per heavy atom. The molecular formula is C23H24. The molecule has 0 unspecified atom stereocenters. The zero-order valence-electron chi connectivity index (χ0n) is 13.7. The fraction of sp³-hybridized carbons (Fsp3) is 0.217. The van der Waals surface area contributed by atoms with Gasteiger partial charge < -0.3 is 0 Å².